The molecule has 120 valence electrons. The molecule has 2 unspecified atom stereocenters. The van der Waals surface area contributed by atoms with Crippen molar-refractivity contribution in [3.05, 3.63) is 0 Å². The molecule has 2 amide bonds. The van der Waals surface area contributed by atoms with Crippen LogP contribution < -0.4 is 11.1 Å². The van der Waals surface area contributed by atoms with E-state index < -0.39 is 0 Å². The molecule has 0 aliphatic carbocycles. The van der Waals surface area contributed by atoms with Crippen LogP contribution in [-0.2, 0) is 0 Å². The molecular formula is C14H33N5O. The number of nitrogens with zero attached hydrogens (tertiary/aromatic N) is 3. The van der Waals surface area contributed by atoms with Crippen LogP contribution in [0.1, 0.15) is 33.1 Å². The van der Waals surface area contributed by atoms with E-state index in [0.717, 1.165) is 19.3 Å². The summed E-state index contributed by atoms with van der Waals surface area (Å²) in [4.78, 5) is 18.7. The van der Waals surface area contributed by atoms with Crippen LogP contribution in [0.25, 0.3) is 0 Å². The van der Waals surface area contributed by atoms with Gasteiger partial charge >= 0.3 is 6.03 Å². The van der Waals surface area contributed by atoms with Gasteiger partial charge in [-0.15, -0.1) is 0 Å². The van der Waals surface area contributed by atoms with Gasteiger partial charge in [0.15, 0.2) is 0 Å². The van der Waals surface area contributed by atoms with E-state index in [1.54, 1.807) is 0 Å². The van der Waals surface area contributed by atoms with E-state index in [-0.39, 0.29) is 18.4 Å². The van der Waals surface area contributed by atoms with Crippen LogP contribution in [0.4, 0.5) is 4.79 Å². The van der Waals surface area contributed by atoms with E-state index in [0.29, 0.717) is 13.1 Å². The van der Waals surface area contributed by atoms with Crippen LogP contribution >= 0.6 is 0 Å². The lowest BCUT2D eigenvalue weighted by Crippen LogP contribution is -2.59. The Balaban J connectivity index is 5.07. The summed E-state index contributed by atoms with van der Waals surface area (Å²) in [6.45, 7) is 5.43. The van der Waals surface area contributed by atoms with Crippen molar-refractivity contribution in [1.29, 1.82) is 0 Å². The number of nitrogens with two attached hydrogens (primary N) is 1. The summed E-state index contributed by atoms with van der Waals surface area (Å²) in [5, 5.41) is 2.98. The molecule has 0 aromatic heterocycles. The quantitative estimate of drug-likeness (QED) is 0.489. The summed E-state index contributed by atoms with van der Waals surface area (Å²) in [5.74, 6) is 0. The van der Waals surface area contributed by atoms with Crippen molar-refractivity contribution in [3.63, 3.8) is 0 Å². The SMILES string of the molecule is CCC(N(C)C)N(C(=O)NCCCN)C(CC)N(C)C. The zero-order valence-corrected chi connectivity index (χ0v) is 14.0. The molecule has 0 spiro atoms. The zero-order valence-electron chi connectivity index (χ0n) is 14.0. The topological polar surface area (TPSA) is 64.8 Å². The minimum atomic E-state index is -0.0143. The van der Waals surface area contributed by atoms with E-state index in [1.807, 2.05) is 33.1 Å². The minimum absolute atomic E-state index is 0.0143. The summed E-state index contributed by atoms with van der Waals surface area (Å²) in [5.41, 5.74) is 5.48. The van der Waals surface area contributed by atoms with Crippen molar-refractivity contribution in [2.45, 2.75) is 45.4 Å². The number of nitrogens with one attached hydrogen (secondary N) is 1. The van der Waals surface area contributed by atoms with Gasteiger partial charge < -0.3 is 11.1 Å². The molecule has 0 radical (unpaired) electrons. The van der Waals surface area contributed by atoms with Gasteiger partial charge in [0.05, 0.1) is 12.3 Å². The van der Waals surface area contributed by atoms with Crippen molar-refractivity contribution in [3.8, 4) is 0 Å². The van der Waals surface area contributed by atoms with Crippen LogP contribution in [0.3, 0.4) is 0 Å². The Morgan fingerprint density at radius 2 is 1.50 bits per heavy atom. The second-order valence-corrected chi connectivity index (χ2v) is 5.49. The molecule has 0 aliphatic rings. The number of carbonyl (C=O) groups is 1. The number of carbonyl (C=O) groups excluding carboxylic acids is 1. The standard InChI is InChI=1S/C14H33N5O/c1-7-12(17(3)4)19(13(8-2)18(5)6)14(20)16-11-9-10-15/h12-13H,7-11,15H2,1-6H3,(H,16,20). The monoisotopic (exact) mass is 287 g/mol. The number of hydrogen-bond acceptors (Lipinski definition) is 4. The lowest BCUT2D eigenvalue weighted by Gasteiger charge is -2.43. The maximum Gasteiger partial charge on any atom is 0.319 e. The average Bonchev–Trinajstić information content (AvgIpc) is 2.38. The molecule has 0 saturated heterocycles. The van der Waals surface area contributed by atoms with Crippen LogP contribution in [0, 0.1) is 0 Å². The molecule has 0 saturated carbocycles. The van der Waals surface area contributed by atoms with Crippen molar-refractivity contribution in [2.75, 3.05) is 41.3 Å². The molecule has 6 heteroatoms. The molecule has 2 atom stereocenters. The van der Waals surface area contributed by atoms with Gasteiger partial charge in [-0.05, 0) is 54.0 Å². The maximum atomic E-state index is 12.5. The van der Waals surface area contributed by atoms with E-state index in [4.69, 9.17) is 5.73 Å². The van der Waals surface area contributed by atoms with Gasteiger partial charge in [0.1, 0.15) is 0 Å². The molecule has 0 aromatic carbocycles. The van der Waals surface area contributed by atoms with Gasteiger partial charge in [-0.3, -0.25) is 14.7 Å². The summed E-state index contributed by atoms with van der Waals surface area (Å²) in [7, 11) is 8.04. The summed E-state index contributed by atoms with van der Waals surface area (Å²) in [6, 6.07) is -0.0143. The third-order valence-electron chi connectivity index (χ3n) is 3.46. The normalized spacial score (nSPS) is 14.4. The first-order valence-corrected chi connectivity index (χ1v) is 7.49. The van der Waals surface area contributed by atoms with E-state index in [2.05, 4.69) is 29.0 Å². The molecule has 3 N–H and O–H groups in total. The fourth-order valence-corrected chi connectivity index (χ4v) is 2.48. The molecule has 0 fully saturated rings. The molecule has 0 heterocycles. The van der Waals surface area contributed by atoms with Crippen LogP contribution in [0.2, 0.25) is 0 Å². The first kappa shape index (κ1) is 19.1. The molecular weight excluding hydrogens is 254 g/mol. The molecule has 0 aromatic rings. The summed E-state index contributed by atoms with van der Waals surface area (Å²) >= 11 is 0. The highest BCUT2D eigenvalue weighted by Gasteiger charge is 2.31. The van der Waals surface area contributed by atoms with Crippen molar-refractivity contribution in [1.82, 2.24) is 20.0 Å². The molecule has 6 nitrogen and oxygen atoms in total. The molecule has 0 bridgehead atoms. The zero-order chi connectivity index (χ0) is 15.7. The average molecular weight is 287 g/mol. The van der Waals surface area contributed by atoms with Crippen molar-refractivity contribution >= 4 is 6.03 Å². The molecule has 20 heavy (non-hydrogen) atoms. The second-order valence-electron chi connectivity index (χ2n) is 5.49. The largest absolute Gasteiger partial charge is 0.338 e. The van der Waals surface area contributed by atoms with Gasteiger partial charge in [0.25, 0.3) is 0 Å². The Hall–Kier alpha value is -0.850. The predicted molar refractivity (Wildman–Crippen MR) is 84.4 cm³/mol. The molecule has 0 aliphatic heterocycles. The fraction of sp³-hybridized carbons (Fsp3) is 0.929. The third kappa shape index (κ3) is 5.64. The van der Waals surface area contributed by atoms with Gasteiger partial charge in [-0.1, -0.05) is 13.8 Å². The Kier molecular flexibility index (Phi) is 9.54. The highest BCUT2D eigenvalue weighted by molar-refractivity contribution is 5.74. The minimum Gasteiger partial charge on any atom is -0.338 e. The van der Waals surface area contributed by atoms with Gasteiger partial charge in [-0.2, -0.15) is 0 Å². The number of urea groups is 1. The summed E-state index contributed by atoms with van der Waals surface area (Å²) in [6.07, 6.45) is 2.75. The Morgan fingerprint density at radius 3 is 1.80 bits per heavy atom. The fourth-order valence-electron chi connectivity index (χ4n) is 2.48. The third-order valence-corrected chi connectivity index (χ3v) is 3.46. The Morgan fingerprint density at radius 1 is 1.05 bits per heavy atom. The first-order valence-electron chi connectivity index (χ1n) is 7.49. The van der Waals surface area contributed by atoms with E-state index in [9.17, 15) is 4.79 Å². The smallest absolute Gasteiger partial charge is 0.319 e. The first-order chi connectivity index (χ1) is 9.40. The van der Waals surface area contributed by atoms with Crippen molar-refractivity contribution < 1.29 is 4.79 Å². The predicted octanol–water partition coefficient (Wildman–Crippen LogP) is 0.942. The van der Waals surface area contributed by atoms with Crippen LogP contribution in [0.5, 0.6) is 0 Å². The Labute approximate surface area is 124 Å². The maximum absolute atomic E-state index is 12.5. The van der Waals surface area contributed by atoms with Gasteiger partial charge in [-0.25, -0.2) is 4.79 Å². The van der Waals surface area contributed by atoms with Gasteiger partial charge in [0.2, 0.25) is 0 Å². The number of hydrogen-bond donors (Lipinski definition) is 2. The van der Waals surface area contributed by atoms with Crippen molar-refractivity contribution in [2.24, 2.45) is 5.73 Å². The number of rotatable bonds is 9. The Bertz CT molecular complexity index is 254. The number of amides is 2. The van der Waals surface area contributed by atoms with Gasteiger partial charge in [0, 0.05) is 6.54 Å². The van der Waals surface area contributed by atoms with E-state index >= 15 is 0 Å². The highest BCUT2D eigenvalue weighted by Crippen LogP contribution is 2.16. The summed E-state index contributed by atoms with van der Waals surface area (Å²) < 4.78 is 0. The lowest BCUT2D eigenvalue weighted by atomic mass is 10.2. The lowest BCUT2D eigenvalue weighted by molar-refractivity contribution is 0.0129. The second kappa shape index (κ2) is 9.96. The highest BCUT2D eigenvalue weighted by atomic mass is 16.2. The van der Waals surface area contributed by atoms with Crippen LogP contribution in [-0.4, -0.2) is 74.3 Å². The molecule has 0 rings (SSSR count). The van der Waals surface area contributed by atoms with E-state index in [1.165, 1.54) is 0 Å². The van der Waals surface area contributed by atoms with Crippen LogP contribution in [0.15, 0.2) is 0 Å².